The summed E-state index contributed by atoms with van der Waals surface area (Å²) in [5.41, 5.74) is 0.953. The van der Waals surface area contributed by atoms with Crippen LogP contribution < -0.4 is 4.74 Å². The van der Waals surface area contributed by atoms with Crippen molar-refractivity contribution in [3.8, 4) is 11.5 Å². The summed E-state index contributed by atoms with van der Waals surface area (Å²) in [6.45, 7) is 0. The standard InChI is InChI=1S/C13H9Br2ClO/c14-8-11-12(16)5-2-6-13(11)17-10-4-1-3-9(15)7-10/h1-7H,8H2. The van der Waals surface area contributed by atoms with Crippen molar-refractivity contribution < 1.29 is 4.74 Å². The van der Waals surface area contributed by atoms with E-state index in [4.69, 9.17) is 16.3 Å². The van der Waals surface area contributed by atoms with Crippen LogP contribution in [0.1, 0.15) is 5.56 Å². The second-order valence-corrected chi connectivity index (χ2v) is 5.29. The van der Waals surface area contributed by atoms with Crippen LogP contribution in [0.25, 0.3) is 0 Å². The maximum Gasteiger partial charge on any atom is 0.132 e. The second-order valence-electron chi connectivity index (χ2n) is 3.41. The van der Waals surface area contributed by atoms with Gasteiger partial charge in [0.05, 0.1) is 0 Å². The van der Waals surface area contributed by atoms with E-state index in [1.54, 1.807) is 0 Å². The summed E-state index contributed by atoms with van der Waals surface area (Å²) in [4.78, 5) is 0. The molecule has 0 aliphatic rings. The van der Waals surface area contributed by atoms with Gasteiger partial charge in [-0.3, -0.25) is 0 Å². The topological polar surface area (TPSA) is 9.23 Å². The summed E-state index contributed by atoms with van der Waals surface area (Å²) in [7, 11) is 0. The Kier molecular flexibility index (Phi) is 4.48. The average molecular weight is 376 g/mol. The Labute approximate surface area is 122 Å². The van der Waals surface area contributed by atoms with Crippen LogP contribution in [0.2, 0.25) is 5.02 Å². The Hall–Kier alpha value is -0.510. The molecule has 0 amide bonds. The Morgan fingerprint density at radius 3 is 2.59 bits per heavy atom. The summed E-state index contributed by atoms with van der Waals surface area (Å²) in [6.07, 6.45) is 0. The molecule has 2 aromatic rings. The molecule has 0 saturated carbocycles. The summed E-state index contributed by atoms with van der Waals surface area (Å²) < 4.78 is 6.80. The molecule has 0 atom stereocenters. The van der Waals surface area contributed by atoms with E-state index in [1.165, 1.54) is 0 Å². The summed E-state index contributed by atoms with van der Waals surface area (Å²) in [5, 5.41) is 1.37. The number of hydrogen-bond donors (Lipinski definition) is 0. The average Bonchev–Trinajstić information content (AvgIpc) is 2.29. The molecule has 2 aromatic carbocycles. The third kappa shape index (κ3) is 3.24. The monoisotopic (exact) mass is 374 g/mol. The minimum Gasteiger partial charge on any atom is -0.457 e. The third-order valence-corrected chi connectivity index (χ3v) is 3.64. The number of benzene rings is 2. The zero-order valence-electron chi connectivity index (χ0n) is 8.79. The van der Waals surface area contributed by atoms with Crippen molar-refractivity contribution in [3.63, 3.8) is 0 Å². The minimum atomic E-state index is 0.663. The highest BCUT2D eigenvalue weighted by Gasteiger charge is 2.07. The van der Waals surface area contributed by atoms with Gasteiger partial charge in [0.25, 0.3) is 0 Å². The van der Waals surface area contributed by atoms with Crippen molar-refractivity contribution in [2.75, 3.05) is 0 Å². The van der Waals surface area contributed by atoms with Gasteiger partial charge in [-0.2, -0.15) is 0 Å². The van der Waals surface area contributed by atoms with E-state index in [1.807, 2.05) is 42.5 Å². The molecule has 0 spiro atoms. The smallest absolute Gasteiger partial charge is 0.132 e. The van der Waals surface area contributed by atoms with Crippen LogP contribution in [0.5, 0.6) is 11.5 Å². The quantitative estimate of drug-likeness (QED) is 0.616. The minimum absolute atomic E-state index is 0.663. The first-order chi connectivity index (χ1) is 8.20. The van der Waals surface area contributed by atoms with E-state index >= 15 is 0 Å². The maximum absolute atomic E-state index is 6.11. The van der Waals surface area contributed by atoms with Gasteiger partial charge in [-0.05, 0) is 30.3 Å². The van der Waals surface area contributed by atoms with E-state index in [0.29, 0.717) is 10.4 Å². The van der Waals surface area contributed by atoms with Crippen LogP contribution in [0.4, 0.5) is 0 Å². The van der Waals surface area contributed by atoms with Crippen LogP contribution in [-0.2, 0) is 5.33 Å². The third-order valence-electron chi connectivity index (χ3n) is 2.23. The van der Waals surface area contributed by atoms with E-state index < -0.39 is 0 Å². The van der Waals surface area contributed by atoms with Crippen molar-refractivity contribution in [2.45, 2.75) is 5.33 Å². The molecule has 0 heterocycles. The van der Waals surface area contributed by atoms with Crippen LogP contribution in [-0.4, -0.2) is 0 Å². The Morgan fingerprint density at radius 2 is 1.88 bits per heavy atom. The maximum atomic E-state index is 6.11. The van der Waals surface area contributed by atoms with Gasteiger partial charge < -0.3 is 4.74 Å². The lowest BCUT2D eigenvalue weighted by Gasteiger charge is -2.11. The number of ether oxygens (including phenoxy) is 1. The predicted molar refractivity (Wildman–Crippen MR) is 78.3 cm³/mol. The van der Waals surface area contributed by atoms with Crippen molar-refractivity contribution in [3.05, 3.63) is 57.5 Å². The van der Waals surface area contributed by atoms with Gasteiger partial charge in [-0.25, -0.2) is 0 Å². The summed E-state index contributed by atoms with van der Waals surface area (Å²) in [6, 6.07) is 13.3. The van der Waals surface area contributed by atoms with E-state index in [-0.39, 0.29) is 0 Å². The first-order valence-electron chi connectivity index (χ1n) is 4.97. The summed E-state index contributed by atoms with van der Waals surface area (Å²) in [5.74, 6) is 1.55. The number of hydrogen-bond acceptors (Lipinski definition) is 1. The molecule has 0 unspecified atom stereocenters. The highest BCUT2D eigenvalue weighted by atomic mass is 79.9. The molecule has 0 saturated heterocycles. The fourth-order valence-electron chi connectivity index (χ4n) is 1.42. The second kappa shape index (κ2) is 5.89. The fourth-order valence-corrected chi connectivity index (χ4v) is 2.77. The number of alkyl halides is 1. The summed E-state index contributed by atoms with van der Waals surface area (Å²) >= 11 is 12.9. The van der Waals surface area contributed by atoms with Crippen molar-refractivity contribution in [2.24, 2.45) is 0 Å². The van der Waals surface area contributed by atoms with Gasteiger partial charge in [-0.15, -0.1) is 0 Å². The molecule has 0 bridgehead atoms. The van der Waals surface area contributed by atoms with Gasteiger partial charge in [0.1, 0.15) is 11.5 Å². The molecule has 0 aliphatic carbocycles. The number of rotatable bonds is 3. The van der Waals surface area contributed by atoms with Crippen molar-refractivity contribution in [1.29, 1.82) is 0 Å². The molecule has 88 valence electrons. The van der Waals surface area contributed by atoms with E-state index in [2.05, 4.69) is 31.9 Å². The zero-order valence-corrected chi connectivity index (χ0v) is 12.7. The van der Waals surface area contributed by atoms with Crippen LogP contribution in [0.15, 0.2) is 46.9 Å². The first kappa shape index (κ1) is 12.9. The molecule has 0 fully saturated rings. The predicted octanol–water partition coefficient (Wildman–Crippen LogP) is 5.79. The van der Waals surface area contributed by atoms with Gasteiger partial charge in [0.2, 0.25) is 0 Å². The molecule has 0 N–H and O–H groups in total. The molecule has 0 aromatic heterocycles. The van der Waals surface area contributed by atoms with Gasteiger partial charge in [0.15, 0.2) is 0 Å². The molecule has 17 heavy (non-hydrogen) atoms. The molecule has 0 radical (unpaired) electrons. The van der Waals surface area contributed by atoms with Crippen molar-refractivity contribution in [1.82, 2.24) is 0 Å². The van der Waals surface area contributed by atoms with Crippen LogP contribution in [0, 0.1) is 0 Å². The molecule has 0 aliphatic heterocycles. The fraction of sp³-hybridized carbons (Fsp3) is 0.0769. The molecule has 1 nitrogen and oxygen atoms in total. The first-order valence-corrected chi connectivity index (χ1v) is 7.26. The highest BCUT2D eigenvalue weighted by molar-refractivity contribution is 9.10. The Balaban J connectivity index is 2.33. The van der Waals surface area contributed by atoms with Crippen LogP contribution in [0.3, 0.4) is 0 Å². The molecular weight excluding hydrogens is 367 g/mol. The lowest BCUT2D eigenvalue weighted by atomic mass is 10.2. The molecule has 4 heteroatoms. The van der Waals surface area contributed by atoms with Gasteiger partial charge >= 0.3 is 0 Å². The normalized spacial score (nSPS) is 10.3. The lowest BCUT2D eigenvalue weighted by molar-refractivity contribution is 0.478. The Bertz CT molecular complexity index is 529. The van der Waals surface area contributed by atoms with Gasteiger partial charge in [-0.1, -0.05) is 55.6 Å². The lowest BCUT2D eigenvalue weighted by Crippen LogP contribution is -1.90. The van der Waals surface area contributed by atoms with Crippen molar-refractivity contribution >= 4 is 43.5 Å². The SMILES string of the molecule is Clc1cccc(Oc2cccc(Br)c2)c1CBr. The van der Waals surface area contributed by atoms with E-state index in [0.717, 1.165) is 21.5 Å². The Morgan fingerprint density at radius 1 is 1.12 bits per heavy atom. The van der Waals surface area contributed by atoms with Gasteiger partial charge in [0, 0.05) is 20.4 Å². The zero-order chi connectivity index (χ0) is 12.3. The highest BCUT2D eigenvalue weighted by Crippen LogP contribution is 2.32. The van der Waals surface area contributed by atoms with E-state index in [9.17, 15) is 0 Å². The molecule has 2 rings (SSSR count). The number of halogens is 3. The molecular formula is C13H9Br2ClO. The van der Waals surface area contributed by atoms with Crippen LogP contribution >= 0.6 is 43.5 Å². The largest absolute Gasteiger partial charge is 0.457 e.